The highest BCUT2D eigenvalue weighted by molar-refractivity contribution is 7.80. The molecule has 2 aliphatic rings. The van der Waals surface area contributed by atoms with Gasteiger partial charge >= 0.3 is 0 Å². The number of benzene rings is 1. The molecule has 0 bridgehead atoms. The van der Waals surface area contributed by atoms with Crippen molar-refractivity contribution in [3.63, 3.8) is 0 Å². The summed E-state index contributed by atoms with van der Waals surface area (Å²) in [7, 11) is 0. The number of carbonyl (C=O) groups is 1. The summed E-state index contributed by atoms with van der Waals surface area (Å²) in [6, 6.07) is 8.64. The summed E-state index contributed by atoms with van der Waals surface area (Å²) < 4.78 is 0. The number of nitrogens with two attached hydrogens (primary N) is 1. The number of hydrogen-bond acceptors (Lipinski definition) is 2. The Morgan fingerprint density at radius 1 is 1.37 bits per heavy atom. The van der Waals surface area contributed by atoms with E-state index in [-0.39, 0.29) is 11.8 Å². The molecule has 0 heterocycles. The Labute approximate surface area is 118 Å². The topological polar surface area (TPSA) is 46.3 Å². The third kappa shape index (κ3) is 2.50. The first-order valence-corrected chi connectivity index (χ1v) is 7.24. The average Bonchev–Trinajstić information content (AvgIpc) is 3.15. The lowest BCUT2D eigenvalue weighted by molar-refractivity contribution is -0.133. The standard InChI is InChI=1S/C15H18N2OS/c16-14(19)7-8-17(11-5-6-11)15(18)13-9-10-3-1-2-4-12(10)13/h1-4,11,13H,5-9H2,(H2,16,19). The molecule has 1 aromatic carbocycles. The van der Waals surface area contributed by atoms with E-state index in [4.69, 9.17) is 18.0 Å². The quantitative estimate of drug-likeness (QED) is 0.835. The van der Waals surface area contributed by atoms with E-state index in [0.29, 0.717) is 24.0 Å². The summed E-state index contributed by atoms with van der Waals surface area (Å²) in [5.41, 5.74) is 8.07. The van der Waals surface area contributed by atoms with Gasteiger partial charge in [-0.1, -0.05) is 36.5 Å². The van der Waals surface area contributed by atoms with Crippen LogP contribution in [0.2, 0.25) is 0 Å². The van der Waals surface area contributed by atoms with Crippen LogP contribution in [0.3, 0.4) is 0 Å². The van der Waals surface area contributed by atoms with Crippen LogP contribution in [0.5, 0.6) is 0 Å². The molecule has 0 saturated heterocycles. The molecule has 100 valence electrons. The summed E-state index contributed by atoms with van der Waals surface area (Å²) >= 11 is 4.92. The van der Waals surface area contributed by atoms with E-state index < -0.39 is 0 Å². The highest BCUT2D eigenvalue weighted by Crippen LogP contribution is 2.38. The van der Waals surface area contributed by atoms with Crippen LogP contribution in [0, 0.1) is 0 Å². The van der Waals surface area contributed by atoms with Crippen molar-refractivity contribution in [1.82, 2.24) is 4.90 Å². The van der Waals surface area contributed by atoms with Crippen molar-refractivity contribution < 1.29 is 4.79 Å². The van der Waals surface area contributed by atoms with Gasteiger partial charge in [-0.25, -0.2) is 0 Å². The maximum atomic E-state index is 12.6. The highest BCUT2D eigenvalue weighted by atomic mass is 32.1. The normalized spacial score (nSPS) is 20.3. The molecule has 3 rings (SSSR count). The summed E-state index contributed by atoms with van der Waals surface area (Å²) in [5.74, 6) is 0.320. The molecule has 2 N–H and O–H groups in total. The van der Waals surface area contributed by atoms with Gasteiger partial charge in [-0.3, -0.25) is 4.79 Å². The number of nitrogens with zero attached hydrogens (tertiary/aromatic N) is 1. The lowest BCUT2D eigenvalue weighted by Gasteiger charge is -2.34. The van der Waals surface area contributed by atoms with E-state index >= 15 is 0 Å². The fraction of sp³-hybridized carbons (Fsp3) is 0.467. The lowest BCUT2D eigenvalue weighted by atomic mass is 9.77. The largest absolute Gasteiger partial charge is 0.393 e. The van der Waals surface area contributed by atoms with Gasteiger partial charge in [0.1, 0.15) is 0 Å². The number of amides is 1. The number of rotatable bonds is 5. The van der Waals surface area contributed by atoms with E-state index in [0.717, 1.165) is 19.3 Å². The van der Waals surface area contributed by atoms with Gasteiger partial charge in [0.15, 0.2) is 0 Å². The van der Waals surface area contributed by atoms with Crippen LogP contribution in [0.25, 0.3) is 0 Å². The first kappa shape index (κ1) is 12.6. The molecule has 0 aromatic heterocycles. The molecule has 1 atom stereocenters. The molecule has 0 radical (unpaired) electrons. The minimum absolute atomic E-state index is 0.0585. The van der Waals surface area contributed by atoms with Crippen molar-refractivity contribution >= 4 is 23.1 Å². The molecule has 1 amide bonds. The molecule has 1 fully saturated rings. The smallest absolute Gasteiger partial charge is 0.230 e. The number of carbonyl (C=O) groups excluding carboxylic acids is 1. The molecule has 1 aromatic rings. The van der Waals surface area contributed by atoms with Crippen molar-refractivity contribution in [2.45, 2.75) is 37.6 Å². The monoisotopic (exact) mass is 274 g/mol. The Kier molecular flexibility index (Phi) is 3.27. The molecule has 19 heavy (non-hydrogen) atoms. The van der Waals surface area contributed by atoms with E-state index in [2.05, 4.69) is 12.1 Å². The van der Waals surface area contributed by atoms with Gasteiger partial charge in [0.2, 0.25) is 5.91 Å². The van der Waals surface area contributed by atoms with Gasteiger partial charge in [-0.05, 0) is 30.4 Å². The van der Waals surface area contributed by atoms with Crippen LogP contribution in [0.1, 0.15) is 36.3 Å². The van der Waals surface area contributed by atoms with Crippen LogP contribution in [0.4, 0.5) is 0 Å². The second kappa shape index (κ2) is 4.93. The number of hydrogen-bond donors (Lipinski definition) is 1. The summed E-state index contributed by atoms with van der Waals surface area (Å²) in [5, 5.41) is 0. The summed E-state index contributed by atoms with van der Waals surface area (Å²) in [4.78, 5) is 15.1. The predicted octanol–water partition coefficient (Wildman–Crippen LogP) is 1.99. The van der Waals surface area contributed by atoms with E-state index in [1.54, 1.807) is 0 Å². The van der Waals surface area contributed by atoms with Crippen LogP contribution in [-0.2, 0) is 11.2 Å². The Morgan fingerprint density at radius 2 is 2.11 bits per heavy atom. The molecule has 1 unspecified atom stereocenters. The molecule has 0 aliphatic heterocycles. The average molecular weight is 274 g/mol. The van der Waals surface area contributed by atoms with E-state index in [1.165, 1.54) is 11.1 Å². The zero-order valence-corrected chi connectivity index (χ0v) is 11.7. The molecular formula is C15H18N2OS. The maximum absolute atomic E-state index is 12.6. The molecule has 2 aliphatic carbocycles. The fourth-order valence-electron chi connectivity index (χ4n) is 2.77. The highest BCUT2D eigenvalue weighted by Gasteiger charge is 2.39. The van der Waals surface area contributed by atoms with Crippen LogP contribution in [0.15, 0.2) is 24.3 Å². The van der Waals surface area contributed by atoms with Crippen molar-refractivity contribution in [3.8, 4) is 0 Å². The maximum Gasteiger partial charge on any atom is 0.230 e. The third-order valence-corrected chi connectivity index (χ3v) is 4.23. The van der Waals surface area contributed by atoms with Gasteiger partial charge in [0.25, 0.3) is 0 Å². The molecular weight excluding hydrogens is 256 g/mol. The Balaban J connectivity index is 1.70. The van der Waals surface area contributed by atoms with Crippen LogP contribution in [-0.4, -0.2) is 28.4 Å². The van der Waals surface area contributed by atoms with Gasteiger partial charge in [0, 0.05) is 19.0 Å². The van der Waals surface area contributed by atoms with Gasteiger partial charge in [-0.2, -0.15) is 0 Å². The minimum atomic E-state index is 0.0585. The zero-order valence-electron chi connectivity index (χ0n) is 10.8. The van der Waals surface area contributed by atoms with Crippen LogP contribution < -0.4 is 5.73 Å². The number of thiocarbonyl (C=S) groups is 1. The SMILES string of the molecule is NC(=S)CCN(C(=O)C1Cc2ccccc21)C1CC1. The first-order chi connectivity index (χ1) is 9.16. The summed E-state index contributed by atoms with van der Waals surface area (Å²) in [6.45, 7) is 0.678. The molecule has 3 nitrogen and oxygen atoms in total. The van der Waals surface area contributed by atoms with Crippen LogP contribution >= 0.6 is 12.2 Å². The Hall–Kier alpha value is -1.42. The summed E-state index contributed by atoms with van der Waals surface area (Å²) in [6.07, 6.45) is 3.76. The van der Waals surface area contributed by atoms with Crippen molar-refractivity contribution in [1.29, 1.82) is 0 Å². The van der Waals surface area contributed by atoms with Crippen molar-refractivity contribution in [2.75, 3.05) is 6.54 Å². The molecule has 0 spiro atoms. The Morgan fingerprint density at radius 3 is 2.74 bits per heavy atom. The fourth-order valence-corrected chi connectivity index (χ4v) is 2.86. The number of fused-ring (bicyclic) bond motifs is 1. The Bertz CT molecular complexity index is 525. The zero-order chi connectivity index (χ0) is 13.4. The molecule has 1 saturated carbocycles. The van der Waals surface area contributed by atoms with Crippen molar-refractivity contribution in [2.24, 2.45) is 5.73 Å². The molecule has 4 heteroatoms. The van der Waals surface area contributed by atoms with Gasteiger partial charge < -0.3 is 10.6 Å². The van der Waals surface area contributed by atoms with Gasteiger partial charge in [-0.15, -0.1) is 0 Å². The van der Waals surface area contributed by atoms with Crippen molar-refractivity contribution in [3.05, 3.63) is 35.4 Å². The predicted molar refractivity (Wildman–Crippen MR) is 79.0 cm³/mol. The van der Waals surface area contributed by atoms with E-state index in [9.17, 15) is 4.79 Å². The second-order valence-corrected chi connectivity index (χ2v) is 5.96. The first-order valence-electron chi connectivity index (χ1n) is 6.83. The second-order valence-electron chi connectivity index (χ2n) is 5.43. The van der Waals surface area contributed by atoms with E-state index in [1.807, 2.05) is 17.0 Å². The third-order valence-electron chi connectivity index (χ3n) is 4.02. The minimum Gasteiger partial charge on any atom is -0.393 e. The van der Waals surface area contributed by atoms with Gasteiger partial charge in [0.05, 0.1) is 10.9 Å². The lowest BCUT2D eigenvalue weighted by Crippen LogP contribution is -2.42.